The van der Waals surface area contributed by atoms with Crippen LogP contribution in [-0.2, 0) is 4.84 Å². The number of nitrogens with one attached hydrogen (secondary N) is 1. The van der Waals surface area contributed by atoms with Crippen LogP contribution >= 0.6 is 0 Å². The van der Waals surface area contributed by atoms with Crippen LogP contribution in [0, 0.1) is 0 Å². The summed E-state index contributed by atoms with van der Waals surface area (Å²) in [5.74, 6) is 0. The summed E-state index contributed by atoms with van der Waals surface area (Å²) in [7, 11) is 0. The molecule has 3 nitrogen and oxygen atoms in total. The van der Waals surface area contributed by atoms with E-state index in [1.165, 1.54) is 51.4 Å². The van der Waals surface area contributed by atoms with Crippen molar-refractivity contribution in [3.8, 4) is 0 Å². The summed E-state index contributed by atoms with van der Waals surface area (Å²) in [6, 6.07) is 9.79. The van der Waals surface area contributed by atoms with Crippen molar-refractivity contribution in [1.82, 2.24) is 0 Å². The zero-order chi connectivity index (χ0) is 15.9. The first-order valence-corrected chi connectivity index (χ1v) is 8.94. The van der Waals surface area contributed by atoms with Gasteiger partial charge in [-0.1, -0.05) is 82.9 Å². The van der Waals surface area contributed by atoms with Crippen LogP contribution in [0.5, 0.6) is 0 Å². The molecule has 0 aromatic heterocycles. The first-order valence-electron chi connectivity index (χ1n) is 8.94. The van der Waals surface area contributed by atoms with Gasteiger partial charge in [-0.15, -0.1) is 0 Å². The molecule has 0 aliphatic carbocycles. The van der Waals surface area contributed by atoms with Crippen molar-refractivity contribution in [2.75, 3.05) is 12.1 Å². The van der Waals surface area contributed by atoms with Crippen LogP contribution in [-0.4, -0.2) is 17.8 Å². The van der Waals surface area contributed by atoms with Crippen molar-refractivity contribution in [2.24, 2.45) is 0 Å². The molecule has 3 heteroatoms. The number of para-hydroxylation sites is 1. The van der Waals surface area contributed by atoms with Crippen LogP contribution in [0.2, 0.25) is 0 Å². The summed E-state index contributed by atoms with van der Waals surface area (Å²) in [6.45, 7) is 2.32. The molecular formula is C19H33NO2. The van der Waals surface area contributed by atoms with Crippen molar-refractivity contribution >= 4 is 5.69 Å². The Morgan fingerprint density at radius 1 is 0.909 bits per heavy atom. The maximum atomic E-state index is 9.36. The van der Waals surface area contributed by atoms with Gasteiger partial charge in [-0.05, 0) is 18.6 Å². The molecule has 0 aliphatic rings. The highest BCUT2D eigenvalue weighted by atomic mass is 16.7. The summed E-state index contributed by atoms with van der Waals surface area (Å²) in [6.07, 6.45) is 12.6. The minimum atomic E-state index is -0.121. The van der Waals surface area contributed by atoms with Gasteiger partial charge in [0.15, 0.2) is 0 Å². The van der Waals surface area contributed by atoms with Crippen LogP contribution in [0.4, 0.5) is 5.69 Å². The largest absolute Gasteiger partial charge is 0.394 e. The molecule has 0 saturated carbocycles. The zero-order valence-corrected chi connectivity index (χ0v) is 14.1. The summed E-state index contributed by atoms with van der Waals surface area (Å²) in [5, 5.41) is 9.36. The van der Waals surface area contributed by atoms with Gasteiger partial charge in [0.05, 0.1) is 12.3 Å². The van der Waals surface area contributed by atoms with Gasteiger partial charge in [-0.3, -0.25) is 10.3 Å². The first-order chi connectivity index (χ1) is 10.9. The van der Waals surface area contributed by atoms with E-state index >= 15 is 0 Å². The third-order valence-corrected chi connectivity index (χ3v) is 3.95. The Bertz CT molecular complexity index is 343. The number of rotatable bonds is 14. The minimum absolute atomic E-state index is 0.0663. The Kier molecular flexibility index (Phi) is 11.7. The fourth-order valence-electron chi connectivity index (χ4n) is 2.53. The highest BCUT2D eigenvalue weighted by Crippen LogP contribution is 2.13. The standard InChI is InChI=1S/C19H33NO2/c1-2-3-4-5-6-7-8-9-13-16-19(17-21)22-20-18-14-11-10-12-15-18/h10-12,14-15,19-21H,2-9,13,16-17H2,1H3/t19-/m1/s1. The van der Waals surface area contributed by atoms with Crippen LogP contribution in [0.25, 0.3) is 0 Å². The topological polar surface area (TPSA) is 41.5 Å². The Balaban J connectivity index is 1.97. The fourth-order valence-corrected chi connectivity index (χ4v) is 2.53. The number of benzene rings is 1. The normalized spacial score (nSPS) is 12.3. The second kappa shape index (κ2) is 13.6. The van der Waals surface area contributed by atoms with Crippen molar-refractivity contribution in [2.45, 2.75) is 77.2 Å². The van der Waals surface area contributed by atoms with Gasteiger partial charge in [0.25, 0.3) is 0 Å². The van der Waals surface area contributed by atoms with E-state index in [1.807, 2.05) is 30.3 Å². The Morgan fingerprint density at radius 3 is 2.09 bits per heavy atom. The van der Waals surface area contributed by atoms with E-state index in [2.05, 4.69) is 12.4 Å². The van der Waals surface area contributed by atoms with E-state index in [1.54, 1.807) is 0 Å². The first kappa shape index (κ1) is 19.0. The number of anilines is 1. The van der Waals surface area contributed by atoms with Crippen LogP contribution < -0.4 is 5.48 Å². The van der Waals surface area contributed by atoms with E-state index in [9.17, 15) is 5.11 Å². The third-order valence-electron chi connectivity index (χ3n) is 3.95. The van der Waals surface area contributed by atoms with Crippen molar-refractivity contribution < 1.29 is 9.94 Å². The average molecular weight is 307 g/mol. The maximum Gasteiger partial charge on any atom is 0.108 e. The summed E-state index contributed by atoms with van der Waals surface area (Å²) in [5.41, 5.74) is 3.84. The van der Waals surface area contributed by atoms with Gasteiger partial charge in [0.2, 0.25) is 0 Å². The second-order valence-corrected chi connectivity index (χ2v) is 6.01. The van der Waals surface area contributed by atoms with E-state index in [0.29, 0.717) is 0 Å². The van der Waals surface area contributed by atoms with Crippen LogP contribution in [0.15, 0.2) is 30.3 Å². The molecule has 0 bridgehead atoms. The molecule has 1 atom stereocenters. The summed E-state index contributed by atoms with van der Waals surface area (Å²) < 4.78 is 0. The molecule has 0 heterocycles. The van der Waals surface area contributed by atoms with Crippen molar-refractivity contribution in [1.29, 1.82) is 0 Å². The van der Waals surface area contributed by atoms with Gasteiger partial charge in [-0.2, -0.15) is 0 Å². The molecule has 0 unspecified atom stereocenters. The molecule has 0 amide bonds. The number of aliphatic hydroxyl groups is 1. The molecule has 0 spiro atoms. The highest BCUT2D eigenvalue weighted by molar-refractivity contribution is 5.40. The number of unbranched alkanes of at least 4 members (excludes halogenated alkanes) is 8. The number of hydrogen-bond acceptors (Lipinski definition) is 3. The summed E-state index contributed by atoms with van der Waals surface area (Å²) >= 11 is 0. The SMILES string of the molecule is CCCCCCCCCCC[C@H](CO)ONc1ccccc1. The van der Waals surface area contributed by atoms with Gasteiger partial charge < -0.3 is 5.11 Å². The third kappa shape index (κ3) is 9.80. The molecule has 0 saturated heterocycles. The zero-order valence-electron chi connectivity index (χ0n) is 14.1. The predicted molar refractivity (Wildman–Crippen MR) is 93.9 cm³/mol. The van der Waals surface area contributed by atoms with Gasteiger partial charge in [0, 0.05) is 0 Å². The lowest BCUT2D eigenvalue weighted by Crippen LogP contribution is -2.21. The molecule has 0 radical (unpaired) electrons. The Hall–Kier alpha value is -1.06. The van der Waals surface area contributed by atoms with Gasteiger partial charge >= 0.3 is 0 Å². The number of aliphatic hydroxyl groups excluding tert-OH is 1. The molecule has 22 heavy (non-hydrogen) atoms. The van der Waals surface area contributed by atoms with Gasteiger partial charge in [-0.25, -0.2) is 0 Å². The lowest BCUT2D eigenvalue weighted by Gasteiger charge is -2.16. The van der Waals surface area contributed by atoms with E-state index in [4.69, 9.17) is 4.84 Å². The fraction of sp³-hybridized carbons (Fsp3) is 0.684. The van der Waals surface area contributed by atoms with E-state index in [0.717, 1.165) is 18.5 Å². The second-order valence-electron chi connectivity index (χ2n) is 6.01. The molecule has 1 aromatic rings. The molecule has 1 rings (SSSR count). The van der Waals surface area contributed by atoms with Gasteiger partial charge in [0.1, 0.15) is 6.10 Å². The maximum absolute atomic E-state index is 9.36. The molecule has 126 valence electrons. The Morgan fingerprint density at radius 2 is 1.50 bits per heavy atom. The minimum Gasteiger partial charge on any atom is -0.394 e. The summed E-state index contributed by atoms with van der Waals surface area (Å²) in [4.78, 5) is 5.55. The molecule has 0 fully saturated rings. The quantitative estimate of drug-likeness (QED) is 0.361. The van der Waals surface area contributed by atoms with E-state index < -0.39 is 0 Å². The van der Waals surface area contributed by atoms with Crippen LogP contribution in [0.3, 0.4) is 0 Å². The molecule has 1 aromatic carbocycles. The smallest absolute Gasteiger partial charge is 0.108 e. The molecular weight excluding hydrogens is 274 g/mol. The molecule has 2 N–H and O–H groups in total. The average Bonchev–Trinajstić information content (AvgIpc) is 2.57. The van der Waals surface area contributed by atoms with E-state index in [-0.39, 0.29) is 12.7 Å². The molecule has 0 aliphatic heterocycles. The lowest BCUT2D eigenvalue weighted by molar-refractivity contribution is 0.0397. The van der Waals surface area contributed by atoms with Crippen molar-refractivity contribution in [3.63, 3.8) is 0 Å². The number of hydrogen-bond donors (Lipinski definition) is 2. The highest BCUT2D eigenvalue weighted by Gasteiger charge is 2.07. The Labute approximate surface area is 136 Å². The lowest BCUT2D eigenvalue weighted by atomic mass is 10.1. The van der Waals surface area contributed by atoms with Crippen LogP contribution in [0.1, 0.15) is 71.1 Å². The van der Waals surface area contributed by atoms with Crippen molar-refractivity contribution in [3.05, 3.63) is 30.3 Å². The predicted octanol–water partition coefficient (Wildman–Crippen LogP) is 5.31. The monoisotopic (exact) mass is 307 g/mol.